The third-order valence-corrected chi connectivity index (χ3v) is 6.41. The molecular formula is C25H20Cl2N2O5. The SMILES string of the molecule is CCOc1ccccc1N1C(=O)[C@@H]2[C@@H](ON(c3ccccc3)[C@H]2c2cc(Cl)cc(Cl)c2O)C1=O. The maximum Gasteiger partial charge on any atom is 0.266 e. The standard InChI is InChI=1S/C25H20Cl2N2O5/c1-2-33-19-11-7-6-10-18(19)28-24(31)20-21(16-12-14(26)13-17(27)22(16)30)29(34-23(20)25(28)32)15-8-4-3-5-9-15/h3-13,20-21,23,30H,2H2,1H3/t20-,21-,23+/m0/s1. The number of carbonyl (C=O) groups is 2. The summed E-state index contributed by atoms with van der Waals surface area (Å²) in [6.07, 6.45) is -1.11. The molecule has 34 heavy (non-hydrogen) atoms. The molecule has 3 aromatic carbocycles. The van der Waals surface area contributed by atoms with Crippen LogP contribution >= 0.6 is 23.2 Å². The Kier molecular flexibility index (Phi) is 5.85. The van der Waals surface area contributed by atoms with Gasteiger partial charge in [-0.2, -0.15) is 0 Å². The monoisotopic (exact) mass is 498 g/mol. The van der Waals surface area contributed by atoms with E-state index < -0.39 is 29.9 Å². The molecule has 2 aliphatic heterocycles. The zero-order valence-corrected chi connectivity index (χ0v) is 19.5. The van der Waals surface area contributed by atoms with Crippen LogP contribution in [0, 0.1) is 5.92 Å². The predicted molar refractivity (Wildman–Crippen MR) is 128 cm³/mol. The molecule has 0 aliphatic carbocycles. The van der Waals surface area contributed by atoms with Crippen molar-refractivity contribution in [1.29, 1.82) is 0 Å². The number of aromatic hydroxyl groups is 1. The normalized spacial score (nSPS) is 21.8. The molecule has 0 aromatic heterocycles. The minimum Gasteiger partial charge on any atom is -0.506 e. The first-order valence-electron chi connectivity index (χ1n) is 10.7. The number of anilines is 2. The molecule has 0 spiro atoms. The van der Waals surface area contributed by atoms with Crippen molar-refractivity contribution in [2.75, 3.05) is 16.6 Å². The molecule has 3 aromatic rings. The smallest absolute Gasteiger partial charge is 0.266 e. The van der Waals surface area contributed by atoms with Crippen LogP contribution in [0.15, 0.2) is 66.7 Å². The Balaban J connectivity index is 1.64. The Morgan fingerprint density at radius 3 is 2.44 bits per heavy atom. The Morgan fingerprint density at radius 1 is 1.00 bits per heavy atom. The van der Waals surface area contributed by atoms with Gasteiger partial charge in [-0.1, -0.05) is 53.5 Å². The summed E-state index contributed by atoms with van der Waals surface area (Å²) < 4.78 is 5.65. The second kappa shape index (κ2) is 8.83. The van der Waals surface area contributed by atoms with E-state index in [1.807, 2.05) is 25.1 Å². The quantitative estimate of drug-likeness (QED) is 0.490. The maximum absolute atomic E-state index is 13.8. The van der Waals surface area contributed by atoms with Crippen LogP contribution in [0.2, 0.25) is 10.0 Å². The van der Waals surface area contributed by atoms with Crippen molar-refractivity contribution in [3.63, 3.8) is 0 Å². The highest BCUT2D eigenvalue weighted by atomic mass is 35.5. The Hall–Kier alpha value is -3.26. The number of nitrogens with zero attached hydrogens (tertiary/aromatic N) is 2. The van der Waals surface area contributed by atoms with Crippen LogP contribution in [-0.4, -0.2) is 29.6 Å². The van der Waals surface area contributed by atoms with Crippen molar-refractivity contribution in [2.24, 2.45) is 5.92 Å². The molecule has 0 unspecified atom stereocenters. The van der Waals surface area contributed by atoms with Crippen LogP contribution in [0.5, 0.6) is 11.5 Å². The number of carbonyl (C=O) groups excluding carboxylic acids is 2. The first-order valence-corrected chi connectivity index (χ1v) is 11.5. The van der Waals surface area contributed by atoms with Gasteiger partial charge in [0.2, 0.25) is 5.91 Å². The van der Waals surface area contributed by atoms with Crippen LogP contribution in [0.4, 0.5) is 11.4 Å². The molecule has 0 radical (unpaired) electrons. The average molecular weight is 499 g/mol. The second-order valence-corrected chi connectivity index (χ2v) is 8.74. The van der Waals surface area contributed by atoms with E-state index >= 15 is 0 Å². The third kappa shape index (κ3) is 3.57. The molecular weight excluding hydrogens is 479 g/mol. The molecule has 2 heterocycles. The number of benzene rings is 3. The summed E-state index contributed by atoms with van der Waals surface area (Å²) >= 11 is 12.5. The molecule has 174 valence electrons. The number of para-hydroxylation sites is 3. The van der Waals surface area contributed by atoms with E-state index in [0.717, 1.165) is 4.90 Å². The molecule has 1 N–H and O–H groups in total. The highest BCUT2D eigenvalue weighted by molar-refractivity contribution is 6.35. The second-order valence-electron chi connectivity index (χ2n) is 7.90. The fourth-order valence-electron chi connectivity index (χ4n) is 4.50. The van der Waals surface area contributed by atoms with Gasteiger partial charge in [-0.25, -0.2) is 9.96 Å². The van der Waals surface area contributed by atoms with Gasteiger partial charge < -0.3 is 9.84 Å². The van der Waals surface area contributed by atoms with Gasteiger partial charge in [0.05, 0.1) is 29.0 Å². The van der Waals surface area contributed by atoms with E-state index in [0.29, 0.717) is 23.7 Å². The first-order chi connectivity index (χ1) is 16.4. The lowest BCUT2D eigenvalue weighted by molar-refractivity contribution is -0.126. The Bertz CT molecular complexity index is 1270. The number of phenols is 1. The molecule has 2 aliphatic rings. The fourth-order valence-corrected chi connectivity index (χ4v) is 5.01. The largest absolute Gasteiger partial charge is 0.506 e. The summed E-state index contributed by atoms with van der Waals surface area (Å²) in [5.41, 5.74) is 1.24. The number of hydrogen-bond donors (Lipinski definition) is 1. The molecule has 5 rings (SSSR count). The number of hydroxylamine groups is 1. The number of rotatable bonds is 5. The summed E-state index contributed by atoms with van der Waals surface area (Å²) in [4.78, 5) is 34.5. The van der Waals surface area contributed by atoms with Gasteiger partial charge in [0, 0.05) is 10.6 Å². The number of amides is 2. The fraction of sp³-hybridized carbons (Fsp3) is 0.200. The summed E-state index contributed by atoms with van der Waals surface area (Å²) in [6.45, 7) is 2.19. The molecule has 2 fully saturated rings. The number of hydrogen-bond acceptors (Lipinski definition) is 6. The van der Waals surface area contributed by atoms with Gasteiger partial charge in [0.15, 0.2) is 6.10 Å². The molecule has 3 atom stereocenters. The lowest BCUT2D eigenvalue weighted by Crippen LogP contribution is -2.37. The van der Waals surface area contributed by atoms with E-state index in [1.54, 1.807) is 36.4 Å². The number of imide groups is 1. The van der Waals surface area contributed by atoms with Crippen LogP contribution in [0.3, 0.4) is 0 Å². The van der Waals surface area contributed by atoms with Gasteiger partial charge in [0.1, 0.15) is 17.4 Å². The van der Waals surface area contributed by atoms with E-state index in [1.165, 1.54) is 17.2 Å². The lowest BCUT2D eigenvalue weighted by atomic mass is 9.90. The topological polar surface area (TPSA) is 79.3 Å². The molecule has 0 saturated carbocycles. The minimum absolute atomic E-state index is 0.0364. The van der Waals surface area contributed by atoms with Gasteiger partial charge >= 0.3 is 0 Å². The van der Waals surface area contributed by atoms with Crippen LogP contribution in [0.25, 0.3) is 0 Å². The van der Waals surface area contributed by atoms with Crippen molar-refractivity contribution in [3.8, 4) is 11.5 Å². The molecule has 2 amide bonds. The van der Waals surface area contributed by atoms with Gasteiger partial charge in [-0.15, -0.1) is 0 Å². The van der Waals surface area contributed by atoms with Crippen molar-refractivity contribution >= 4 is 46.4 Å². The summed E-state index contributed by atoms with van der Waals surface area (Å²) in [5.74, 6) is -1.76. The molecule has 0 bridgehead atoms. The number of halogens is 2. The highest BCUT2D eigenvalue weighted by Gasteiger charge is 2.61. The lowest BCUT2D eigenvalue weighted by Gasteiger charge is -2.29. The predicted octanol–water partition coefficient (Wildman–Crippen LogP) is 5.15. The van der Waals surface area contributed by atoms with E-state index in [2.05, 4.69) is 0 Å². The van der Waals surface area contributed by atoms with Crippen molar-refractivity contribution in [1.82, 2.24) is 0 Å². The van der Waals surface area contributed by atoms with E-state index in [4.69, 9.17) is 32.8 Å². The minimum atomic E-state index is -1.11. The Morgan fingerprint density at radius 2 is 1.71 bits per heavy atom. The zero-order chi connectivity index (χ0) is 24.0. The Labute approximate surface area is 206 Å². The maximum atomic E-state index is 13.8. The van der Waals surface area contributed by atoms with Gasteiger partial charge in [-0.3, -0.25) is 14.4 Å². The average Bonchev–Trinajstić information content (AvgIpc) is 3.33. The zero-order valence-electron chi connectivity index (χ0n) is 18.0. The number of ether oxygens (including phenoxy) is 1. The third-order valence-electron chi connectivity index (χ3n) is 5.91. The van der Waals surface area contributed by atoms with E-state index in [9.17, 15) is 14.7 Å². The van der Waals surface area contributed by atoms with Gasteiger partial charge in [-0.05, 0) is 43.3 Å². The van der Waals surface area contributed by atoms with Crippen molar-refractivity contribution in [3.05, 3.63) is 82.3 Å². The van der Waals surface area contributed by atoms with Crippen LogP contribution in [0.1, 0.15) is 18.5 Å². The summed E-state index contributed by atoms with van der Waals surface area (Å²) in [7, 11) is 0. The van der Waals surface area contributed by atoms with Crippen molar-refractivity contribution in [2.45, 2.75) is 19.1 Å². The first kappa shape index (κ1) is 22.5. The number of fused-ring (bicyclic) bond motifs is 1. The highest BCUT2D eigenvalue weighted by Crippen LogP contribution is 2.51. The number of phenolic OH excluding ortho intramolecular Hbond substituents is 1. The van der Waals surface area contributed by atoms with Crippen LogP contribution in [-0.2, 0) is 14.4 Å². The summed E-state index contributed by atoms with van der Waals surface area (Å²) in [5, 5.41) is 12.6. The van der Waals surface area contributed by atoms with Gasteiger partial charge in [0.25, 0.3) is 5.91 Å². The molecule has 9 heteroatoms. The van der Waals surface area contributed by atoms with Crippen LogP contribution < -0.4 is 14.7 Å². The summed E-state index contributed by atoms with van der Waals surface area (Å²) in [6, 6.07) is 18.0. The van der Waals surface area contributed by atoms with Crippen molar-refractivity contribution < 1.29 is 24.3 Å². The molecule has 7 nitrogen and oxygen atoms in total. The van der Waals surface area contributed by atoms with E-state index in [-0.39, 0.29) is 21.4 Å². The molecule has 2 saturated heterocycles.